The third-order valence-corrected chi connectivity index (χ3v) is 4.54. The molecule has 5 nitrogen and oxygen atoms in total. The van der Waals surface area contributed by atoms with Crippen LogP contribution in [-0.2, 0) is 9.53 Å². The van der Waals surface area contributed by atoms with Gasteiger partial charge in [0.25, 0.3) is 0 Å². The van der Waals surface area contributed by atoms with Gasteiger partial charge in [-0.3, -0.25) is 4.79 Å². The summed E-state index contributed by atoms with van der Waals surface area (Å²) in [6.45, 7) is 9.42. The van der Waals surface area contributed by atoms with E-state index in [0.717, 1.165) is 18.9 Å². The number of carbonyl (C=O) groups is 2. The fourth-order valence-electron chi connectivity index (χ4n) is 1.39. The topological polar surface area (TPSA) is 75.6 Å². The Balaban J connectivity index is 3.47. The minimum atomic E-state index is -1.15. The van der Waals surface area contributed by atoms with Crippen molar-refractivity contribution in [3.05, 3.63) is 0 Å². The van der Waals surface area contributed by atoms with Gasteiger partial charge in [0.2, 0.25) is 0 Å². The quantitative estimate of drug-likeness (QED) is 0.505. The molecule has 0 fully saturated rings. The van der Waals surface area contributed by atoms with Gasteiger partial charge in [0.1, 0.15) is 0 Å². The molecule has 2 N–H and O–H groups in total. The highest BCUT2D eigenvalue weighted by Gasteiger charge is 2.13. The third-order valence-electron chi connectivity index (χ3n) is 2.84. The first-order valence-electron chi connectivity index (χ1n) is 6.86. The Labute approximate surface area is 116 Å². The second-order valence-corrected chi connectivity index (χ2v) is 11.7. The fourth-order valence-corrected chi connectivity index (χ4v) is 2.10. The zero-order chi connectivity index (χ0) is 14.9. The number of amides is 1. The van der Waals surface area contributed by atoms with Crippen LogP contribution in [-0.4, -0.2) is 38.4 Å². The van der Waals surface area contributed by atoms with Gasteiger partial charge in [0, 0.05) is 14.6 Å². The molecule has 0 aliphatic rings. The standard InChI is InChI=1S/C13H27NO4Si/c1-11(12(15)16)7-5-6-8-14-13(17)18-9-10-19(2,3)4/h11H,5-10H2,1-4H3,(H,14,17)(H,15,16). The summed E-state index contributed by atoms with van der Waals surface area (Å²) in [5, 5.41) is 11.4. The monoisotopic (exact) mass is 289 g/mol. The van der Waals surface area contributed by atoms with Gasteiger partial charge in [0.15, 0.2) is 0 Å². The smallest absolute Gasteiger partial charge is 0.407 e. The van der Waals surface area contributed by atoms with Crippen molar-refractivity contribution < 1.29 is 19.4 Å². The average Bonchev–Trinajstić information content (AvgIpc) is 2.26. The zero-order valence-electron chi connectivity index (χ0n) is 12.5. The second-order valence-electron chi connectivity index (χ2n) is 6.11. The summed E-state index contributed by atoms with van der Waals surface area (Å²) in [6.07, 6.45) is 1.84. The molecular weight excluding hydrogens is 262 g/mol. The maximum Gasteiger partial charge on any atom is 0.407 e. The van der Waals surface area contributed by atoms with Crippen LogP contribution in [0.2, 0.25) is 25.7 Å². The van der Waals surface area contributed by atoms with Crippen molar-refractivity contribution in [3.63, 3.8) is 0 Å². The van der Waals surface area contributed by atoms with Crippen LogP contribution in [0.1, 0.15) is 26.2 Å². The van der Waals surface area contributed by atoms with E-state index in [0.29, 0.717) is 19.6 Å². The van der Waals surface area contributed by atoms with E-state index < -0.39 is 14.0 Å². The highest BCUT2D eigenvalue weighted by Crippen LogP contribution is 2.08. The Morgan fingerprint density at radius 2 is 1.89 bits per heavy atom. The van der Waals surface area contributed by atoms with E-state index in [1.165, 1.54) is 0 Å². The van der Waals surface area contributed by atoms with Crippen LogP contribution in [0.5, 0.6) is 0 Å². The minimum absolute atomic E-state index is 0.316. The van der Waals surface area contributed by atoms with Gasteiger partial charge in [-0.05, 0) is 18.9 Å². The molecule has 112 valence electrons. The van der Waals surface area contributed by atoms with Crippen LogP contribution >= 0.6 is 0 Å². The van der Waals surface area contributed by atoms with Gasteiger partial charge in [-0.15, -0.1) is 0 Å². The summed E-state index contributed by atoms with van der Waals surface area (Å²) in [6, 6.07) is 0.969. The molecule has 0 heterocycles. The molecule has 1 atom stereocenters. The lowest BCUT2D eigenvalue weighted by molar-refractivity contribution is -0.141. The van der Waals surface area contributed by atoms with Crippen LogP contribution in [0.3, 0.4) is 0 Å². The predicted octanol–water partition coefficient (Wildman–Crippen LogP) is 2.94. The normalized spacial score (nSPS) is 12.8. The molecule has 0 bridgehead atoms. The first kappa shape index (κ1) is 18.0. The highest BCUT2D eigenvalue weighted by molar-refractivity contribution is 6.76. The van der Waals surface area contributed by atoms with Gasteiger partial charge in [-0.25, -0.2) is 4.79 Å². The summed E-state index contributed by atoms with van der Waals surface area (Å²) in [4.78, 5) is 21.9. The summed E-state index contributed by atoms with van der Waals surface area (Å²) in [7, 11) is -1.15. The second kappa shape index (κ2) is 8.96. The Bertz CT molecular complexity index is 289. The molecule has 19 heavy (non-hydrogen) atoms. The van der Waals surface area contributed by atoms with Crippen molar-refractivity contribution in [3.8, 4) is 0 Å². The number of carbonyl (C=O) groups excluding carboxylic acids is 1. The summed E-state index contributed by atoms with van der Waals surface area (Å²) in [5.41, 5.74) is 0. The number of rotatable bonds is 9. The predicted molar refractivity (Wildman–Crippen MR) is 78.2 cm³/mol. The van der Waals surface area contributed by atoms with Crippen molar-refractivity contribution >= 4 is 20.1 Å². The van der Waals surface area contributed by atoms with E-state index in [1.54, 1.807) is 6.92 Å². The molecule has 1 unspecified atom stereocenters. The van der Waals surface area contributed by atoms with Crippen LogP contribution < -0.4 is 5.32 Å². The average molecular weight is 289 g/mol. The van der Waals surface area contributed by atoms with Gasteiger partial charge >= 0.3 is 12.1 Å². The van der Waals surface area contributed by atoms with Crippen molar-refractivity contribution in [2.45, 2.75) is 51.9 Å². The molecular formula is C13H27NO4Si. The van der Waals surface area contributed by atoms with E-state index in [-0.39, 0.29) is 12.0 Å². The van der Waals surface area contributed by atoms with E-state index in [4.69, 9.17) is 9.84 Å². The van der Waals surface area contributed by atoms with E-state index in [9.17, 15) is 9.59 Å². The van der Waals surface area contributed by atoms with Gasteiger partial charge in [0.05, 0.1) is 12.5 Å². The third kappa shape index (κ3) is 11.8. The molecule has 0 saturated carbocycles. The molecule has 0 radical (unpaired) electrons. The van der Waals surface area contributed by atoms with Crippen molar-refractivity contribution in [1.82, 2.24) is 5.32 Å². The van der Waals surface area contributed by atoms with Crippen LogP contribution in [0.25, 0.3) is 0 Å². The largest absolute Gasteiger partial charge is 0.481 e. The van der Waals surface area contributed by atoms with Gasteiger partial charge in [-0.2, -0.15) is 0 Å². The molecule has 0 aromatic carbocycles. The van der Waals surface area contributed by atoms with E-state index in [2.05, 4.69) is 25.0 Å². The molecule has 0 aromatic rings. The summed E-state index contributed by atoms with van der Waals surface area (Å²) in [5.74, 6) is -1.08. The maximum atomic E-state index is 11.3. The molecule has 1 amide bonds. The minimum Gasteiger partial charge on any atom is -0.481 e. The first-order valence-corrected chi connectivity index (χ1v) is 10.6. The van der Waals surface area contributed by atoms with Gasteiger partial charge in [-0.1, -0.05) is 33.0 Å². The number of ether oxygens (including phenoxy) is 1. The number of aliphatic carboxylic acids is 1. The number of nitrogens with one attached hydrogen (secondary N) is 1. The molecule has 0 rings (SSSR count). The number of carboxylic acid groups (broad SMARTS) is 1. The molecule has 0 saturated heterocycles. The van der Waals surface area contributed by atoms with Crippen molar-refractivity contribution in [2.75, 3.05) is 13.2 Å². The number of hydrogen-bond acceptors (Lipinski definition) is 3. The summed E-state index contributed by atoms with van der Waals surface area (Å²) < 4.78 is 5.07. The number of hydrogen-bond donors (Lipinski definition) is 2. The summed E-state index contributed by atoms with van der Waals surface area (Å²) >= 11 is 0. The first-order chi connectivity index (χ1) is 8.72. The van der Waals surface area contributed by atoms with Crippen LogP contribution in [0.4, 0.5) is 4.79 Å². The Morgan fingerprint density at radius 1 is 1.26 bits per heavy atom. The van der Waals surface area contributed by atoms with Crippen molar-refractivity contribution in [2.24, 2.45) is 5.92 Å². The van der Waals surface area contributed by atoms with Crippen LogP contribution in [0.15, 0.2) is 0 Å². The van der Waals surface area contributed by atoms with E-state index in [1.807, 2.05) is 0 Å². The number of alkyl carbamates (subject to hydrolysis) is 1. The van der Waals surface area contributed by atoms with Crippen LogP contribution in [0, 0.1) is 5.92 Å². The SMILES string of the molecule is CC(CCCCNC(=O)OCC[Si](C)(C)C)C(=O)O. The molecule has 6 heteroatoms. The fraction of sp³-hybridized carbons (Fsp3) is 0.846. The lowest BCUT2D eigenvalue weighted by atomic mass is 10.0. The molecule has 0 aliphatic carbocycles. The lowest BCUT2D eigenvalue weighted by Gasteiger charge is -2.15. The van der Waals surface area contributed by atoms with Gasteiger partial charge < -0.3 is 15.2 Å². The van der Waals surface area contributed by atoms with E-state index >= 15 is 0 Å². The lowest BCUT2D eigenvalue weighted by Crippen LogP contribution is -2.28. The Hall–Kier alpha value is -1.04. The highest BCUT2D eigenvalue weighted by atomic mass is 28.3. The zero-order valence-corrected chi connectivity index (χ0v) is 13.5. The number of unbranched alkanes of at least 4 members (excludes halogenated alkanes) is 1. The molecule has 0 spiro atoms. The molecule has 0 aromatic heterocycles. The van der Waals surface area contributed by atoms with Crippen molar-refractivity contribution in [1.29, 1.82) is 0 Å². The molecule has 0 aliphatic heterocycles. The maximum absolute atomic E-state index is 11.3. The number of carboxylic acids is 1. The Morgan fingerprint density at radius 3 is 2.42 bits per heavy atom. The Kier molecular flexibility index (Phi) is 8.46.